The Balaban J connectivity index is 2.04. The number of benzene rings is 2. The summed E-state index contributed by atoms with van der Waals surface area (Å²) in [6.45, 7) is 6.53. The summed E-state index contributed by atoms with van der Waals surface area (Å²) in [5, 5.41) is 13.9. The Bertz CT molecular complexity index is 801. The molecule has 6 heteroatoms. The maximum Gasteiger partial charge on any atom is 0.293 e. The van der Waals surface area contributed by atoms with E-state index in [2.05, 4.69) is 36.5 Å². The molecule has 0 bridgehead atoms. The lowest BCUT2D eigenvalue weighted by Crippen LogP contribution is -2.30. The first-order valence-corrected chi connectivity index (χ1v) is 8.62. The van der Waals surface area contributed by atoms with Gasteiger partial charge in [0.05, 0.1) is 11.5 Å². The molecule has 0 fully saturated rings. The molecule has 2 aromatic carbocycles. The Hall–Kier alpha value is -2.73. The van der Waals surface area contributed by atoms with Crippen LogP contribution in [-0.2, 0) is 17.8 Å². The fourth-order valence-electron chi connectivity index (χ4n) is 2.78. The van der Waals surface area contributed by atoms with E-state index in [4.69, 9.17) is 0 Å². The highest BCUT2D eigenvalue weighted by Crippen LogP contribution is 2.30. The van der Waals surface area contributed by atoms with Gasteiger partial charge in [0.2, 0.25) is 5.91 Å². The average Bonchev–Trinajstić information content (AvgIpc) is 2.59. The molecule has 0 heterocycles. The van der Waals surface area contributed by atoms with Crippen LogP contribution in [0.5, 0.6) is 0 Å². The zero-order valence-corrected chi connectivity index (χ0v) is 15.7. The third-order valence-electron chi connectivity index (χ3n) is 4.47. The summed E-state index contributed by atoms with van der Waals surface area (Å²) in [7, 11) is 1.85. The minimum absolute atomic E-state index is 0.0840. The van der Waals surface area contributed by atoms with Crippen molar-refractivity contribution in [2.75, 3.05) is 18.9 Å². The van der Waals surface area contributed by atoms with Gasteiger partial charge in [0.25, 0.3) is 5.69 Å². The monoisotopic (exact) mass is 355 g/mol. The largest absolute Gasteiger partial charge is 0.319 e. The summed E-state index contributed by atoms with van der Waals surface area (Å²) in [5.74, 6) is -0.269. The molecule has 6 nitrogen and oxygen atoms in total. The fraction of sp³-hybridized carbons (Fsp3) is 0.350. The SMILES string of the molecule is CCc1ccc(CN(C)CC(=O)Nc2c([N+](=O)[O-])ccc(C)c2C)cc1. The van der Waals surface area contributed by atoms with E-state index in [1.807, 2.05) is 18.9 Å². The summed E-state index contributed by atoms with van der Waals surface area (Å²) in [4.78, 5) is 25.0. The third kappa shape index (κ3) is 4.89. The molecular weight excluding hydrogens is 330 g/mol. The van der Waals surface area contributed by atoms with Gasteiger partial charge in [-0.3, -0.25) is 19.8 Å². The van der Waals surface area contributed by atoms with E-state index in [-0.39, 0.29) is 23.8 Å². The lowest BCUT2D eigenvalue weighted by molar-refractivity contribution is -0.384. The number of hydrogen-bond acceptors (Lipinski definition) is 4. The second kappa shape index (κ2) is 8.58. The van der Waals surface area contributed by atoms with Crippen molar-refractivity contribution >= 4 is 17.3 Å². The van der Waals surface area contributed by atoms with E-state index in [1.54, 1.807) is 13.0 Å². The second-order valence-electron chi connectivity index (χ2n) is 6.55. The average molecular weight is 355 g/mol. The van der Waals surface area contributed by atoms with E-state index in [9.17, 15) is 14.9 Å². The van der Waals surface area contributed by atoms with Crippen LogP contribution in [0, 0.1) is 24.0 Å². The molecule has 1 N–H and O–H groups in total. The van der Waals surface area contributed by atoms with Gasteiger partial charge in [0.1, 0.15) is 5.69 Å². The van der Waals surface area contributed by atoms with Crippen molar-refractivity contribution in [3.63, 3.8) is 0 Å². The molecule has 0 aliphatic rings. The molecule has 0 spiro atoms. The molecule has 2 aromatic rings. The van der Waals surface area contributed by atoms with Crippen LogP contribution >= 0.6 is 0 Å². The predicted octanol–water partition coefficient (Wildman–Crippen LogP) is 3.84. The standard InChI is InChI=1S/C20H25N3O3/c1-5-16-7-9-17(10-8-16)12-22(4)13-19(24)21-20-15(3)14(2)6-11-18(20)23(25)26/h6-11H,5,12-13H2,1-4H3,(H,21,24). The van der Waals surface area contributed by atoms with Gasteiger partial charge in [-0.2, -0.15) is 0 Å². The van der Waals surface area contributed by atoms with E-state index in [0.717, 1.165) is 17.5 Å². The van der Waals surface area contributed by atoms with Crippen molar-refractivity contribution in [1.82, 2.24) is 4.90 Å². The molecule has 2 rings (SSSR count). The van der Waals surface area contributed by atoms with Crippen molar-refractivity contribution in [2.24, 2.45) is 0 Å². The van der Waals surface area contributed by atoms with Crippen LogP contribution in [0.15, 0.2) is 36.4 Å². The normalized spacial score (nSPS) is 10.8. The zero-order chi connectivity index (χ0) is 19.3. The van der Waals surface area contributed by atoms with E-state index in [0.29, 0.717) is 12.1 Å². The van der Waals surface area contributed by atoms with Crippen molar-refractivity contribution in [3.8, 4) is 0 Å². The molecule has 0 radical (unpaired) electrons. The molecule has 0 aliphatic heterocycles. The van der Waals surface area contributed by atoms with Gasteiger partial charge in [-0.15, -0.1) is 0 Å². The van der Waals surface area contributed by atoms with Crippen molar-refractivity contribution < 1.29 is 9.72 Å². The van der Waals surface area contributed by atoms with Crippen LogP contribution in [0.2, 0.25) is 0 Å². The quantitative estimate of drug-likeness (QED) is 0.605. The van der Waals surface area contributed by atoms with Crippen LogP contribution in [0.3, 0.4) is 0 Å². The van der Waals surface area contributed by atoms with Crippen molar-refractivity contribution in [1.29, 1.82) is 0 Å². The fourth-order valence-corrected chi connectivity index (χ4v) is 2.78. The first kappa shape index (κ1) is 19.6. The first-order chi connectivity index (χ1) is 12.3. The summed E-state index contributed by atoms with van der Waals surface area (Å²) >= 11 is 0. The number of amides is 1. The van der Waals surface area contributed by atoms with Crippen LogP contribution in [0.25, 0.3) is 0 Å². The number of hydrogen-bond donors (Lipinski definition) is 1. The number of nitro benzene ring substituents is 1. The molecule has 0 saturated carbocycles. The maximum absolute atomic E-state index is 12.4. The van der Waals surface area contributed by atoms with Gasteiger partial charge < -0.3 is 5.32 Å². The van der Waals surface area contributed by atoms with E-state index in [1.165, 1.54) is 11.6 Å². The maximum atomic E-state index is 12.4. The minimum Gasteiger partial charge on any atom is -0.319 e. The van der Waals surface area contributed by atoms with Gasteiger partial charge in [0.15, 0.2) is 0 Å². The third-order valence-corrected chi connectivity index (χ3v) is 4.47. The topological polar surface area (TPSA) is 75.5 Å². The molecule has 0 aromatic heterocycles. The highest BCUT2D eigenvalue weighted by molar-refractivity contribution is 5.95. The zero-order valence-electron chi connectivity index (χ0n) is 15.7. The van der Waals surface area contributed by atoms with Crippen LogP contribution in [-0.4, -0.2) is 29.3 Å². The Morgan fingerprint density at radius 3 is 2.31 bits per heavy atom. The van der Waals surface area contributed by atoms with Gasteiger partial charge in [-0.05, 0) is 49.6 Å². The lowest BCUT2D eigenvalue weighted by Gasteiger charge is -2.17. The minimum atomic E-state index is -0.471. The van der Waals surface area contributed by atoms with Crippen LogP contribution in [0.1, 0.15) is 29.2 Å². The number of nitrogens with one attached hydrogen (secondary N) is 1. The second-order valence-corrected chi connectivity index (χ2v) is 6.55. The summed E-state index contributed by atoms with van der Waals surface area (Å²) in [6, 6.07) is 11.4. The number of nitrogens with zero attached hydrogens (tertiary/aromatic N) is 2. The molecular formula is C20H25N3O3. The Morgan fingerprint density at radius 2 is 1.73 bits per heavy atom. The molecule has 26 heavy (non-hydrogen) atoms. The molecule has 0 aliphatic carbocycles. The van der Waals surface area contributed by atoms with Crippen LogP contribution < -0.4 is 5.32 Å². The number of rotatable bonds is 7. The highest BCUT2D eigenvalue weighted by atomic mass is 16.6. The Kier molecular flexibility index (Phi) is 6.46. The molecule has 0 saturated heterocycles. The van der Waals surface area contributed by atoms with Crippen molar-refractivity contribution in [3.05, 3.63) is 68.8 Å². The first-order valence-electron chi connectivity index (χ1n) is 8.62. The number of aryl methyl sites for hydroxylation is 2. The van der Waals surface area contributed by atoms with Crippen molar-refractivity contribution in [2.45, 2.75) is 33.7 Å². The number of nitro groups is 1. The predicted molar refractivity (Wildman–Crippen MR) is 103 cm³/mol. The summed E-state index contributed by atoms with van der Waals surface area (Å²) in [6.07, 6.45) is 0.993. The Morgan fingerprint density at radius 1 is 1.12 bits per heavy atom. The molecule has 0 unspecified atom stereocenters. The number of carbonyl (C=O) groups excluding carboxylic acids is 1. The van der Waals surface area contributed by atoms with E-state index >= 15 is 0 Å². The highest BCUT2D eigenvalue weighted by Gasteiger charge is 2.19. The lowest BCUT2D eigenvalue weighted by atomic mass is 10.1. The smallest absolute Gasteiger partial charge is 0.293 e. The molecule has 0 atom stereocenters. The number of carbonyl (C=O) groups is 1. The van der Waals surface area contributed by atoms with E-state index < -0.39 is 4.92 Å². The Labute approximate surface area is 154 Å². The van der Waals surface area contributed by atoms with Crippen LogP contribution in [0.4, 0.5) is 11.4 Å². The number of anilines is 1. The van der Waals surface area contributed by atoms with Gasteiger partial charge in [0, 0.05) is 12.6 Å². The molecule has 1 amide bonds. The van der Waals surface area contributed by atoms with Gasteiger partial charge in [-0.1, -0.05) is 37.3 Å². The molecule has 138 valence electrons. The summed E-state index contributed by atoms with van der Waals surface area (Å²) in [5.41, 5.74) is 4.20. The van der Waals surface area contributed by atoms with Gasteiger partial charge in [-0.25, -0.2) is 0 Å². The summed E-state index contributed by atoms with van der Waals surface area (Å²) < 4.78 is 0. The number of likely N-dealkylation sites (N-methyl/N-ethyl adjacent to an activating group) is 1. The van der Waals surface area contributed by atoms with Gasteiger partial charge >= 0.3 is 0 Å².